The minimum atomic E-state index is -0.162. The Morgan fingerprint density at radius 2 is 1.43 bits per heavy atom. The van der Waals surface area contributed by atoms with E-state index in [0.717, 1.165) is 75.5 Å². The highest BCUT2D eigenvalue weighted by Gasteiger charge is 2.49. The van der Waals surface area contributed by atoms with E-state index in [0.29, 0.717) is 30.4 Å². The lowest BCUT2D eigenvalue weighted by molar-refractivity contribution is -0.127. The molecule has 2 aliphatic heterocycles. The first-order valence-electron chi connectivity index (χ1n) is 16.1. The number of quaternary nitrogens is 1. The normalized spacial score (nSPS) is 19.6. The van der Waals surface area contributed by atoms with Crippen molar-refractivity contribution in [2.24, 2.45) is 0 Å². The summed E-state index contributed by atoms with van der Waals surface area (Å²) in [5, 5.41) is 0. The standard InChI is InChI=1S/C36H48N3O5S.2ClH/c1-6-39(36(40)27(2)29-13-7-10-16-34(29)45-39)30-14-8-9-15-31(30)44-24-12-11-18-37-20-22-38(23-21-37)19-17-28-25-32(41-3)35(43-5)33(26-28)42-4;;/h7-10,13-16,25-27H,6,11-12,17-24H2,1-5H3;2*1H/q+1;;. The van der Waals surface area contributed by atoms with E-state index in [9.17, 15) is 4.79 Å². The Morgan fingerprint density at radius 3 is 2.06 bits per heavy atom. The summed E-state index contributed by atoms with van der Waals surface area (Å²) in [7, 11) is 4.95. The van der Waals surface area contributed by atoms with Crippen LogP contribution in [-0.2, 0) is 11.2 Å². The Morgan fingerprint density at radius 1 is 0.809 bits per heavy atom. The Balaban J connectivity index is 0.00000300. The first kappa shape index (κ1) is 38.8. The summed E-state index contributed by atoms with van der Waals surface area (Å²) < 4.78 is 23.1. The van der Waals surface area contributed by atoms with Crippen molar-refractivity contribution in [1.82, 2.24) is 13.7 Å². The van der Waals surface area contributed by atoms with Crippen LogP contribution in [0.15, 0.2) is 65.6 Å². The third-order valence-corrected chi connectivity index (χ3v) is 10.6. The molecule has 2 aliphatic rings. The maximum Gasteiger partial charge on any atom is 0.337 e. The number of halogens is 2. The number of methoxy groups -OCH3 is 3. The van der Waals surface area contributed by atoms with Crippen LogP contribution < -0.4 is 22.8 Å². The molecular weight excluding hydrogens is 657 g/mol. The highest BCUT2D eigenvalue weighted by atomic mass is 35.5. The number of unbranched alkanes of at least 4 members (excludes halogenated alkanes) is 1. The Kier molecular flexibility index (Phi) is 15.0. The fraction of sp³-hybridized carbons (Fsp3) is 0.472. The summed E-state index contributed by atoms with van der Waals surface area (Å²) in [5.74, 6) is 2.90. The van der Waals surface area contributed by atoms with E-state index >= 15 is 0 Å². The van der Waals surface area contributed by atoms with Crippen molar-refractivity contribution in [2.75, 3.05) is 73.7 Å². The van der Waals surface area contributed by atoms with Gasteiger partial charge in [-0.3, -0.25) is 0 Å². The van der Waals surface area contributed by atoms with Crippen molar-refractivity contribution in [2.45, 2.75) is 43.9 Å². The highest BCUT2D eigenvalue weighted by Crippen LogP contribution is 2.50. The van der Waals surface area contributed by atoms with Gasteiger partial charge in [0.15, 0.2) is 22.9 Å². The average molecular weight is 708 g/mol. The summed E-state index contributed by atoms with van der Waals surface area (Å²) in [4.78, 5) is 20.1. The van der Waals surface area contributed by atoms with Crippen LogP contribution >= 0.6 is 36.8 Å². The SMILES string of the molecule is CC[N+]1(c2ccccc2OCCCCN2CCN(CCc3cc(OC)c(OC)c(OC)c3)CC2)Sc2ccccc2C(C)C1=O.Cl.Cl. The van der Waals surface area contributed by atoms with Crippen LogP contribution in [0.25, 0.3) is 0 Å². The predicted molar refractivity (Wildman–Crippen MR) is 196 cm³/mol. The number of ether oxygens (including phenoxy) is 4. The molecule has 0 aliphatic carbocycles. The van der Waals surface area contributed by atoms with Crippen LogP contribution in [0.1, 0.15) is 43.7 Å². The summed E-state index contributed by atoms with van der Waals surface area (Å²) in [5.41, 5.74) is 3.24. The molecule has 3 aromatic carbocycles. The summed E-state index contributed by atoms with van der Waals surface area (Å²) >= 11 is 1.63. The number of rotatable bonds is 14. The minimum absolute atomic E-state index is 0. The molecule has 0 saturated carbocycles. The van der Waals surface area contributed by atoms with E-state index in [1.807, 2.05) is 43.3 Å². The third kappa shape index (κ3) is 8.69. The molecule has 5 rings (SSSR count). The number of carbonyl (C=O) groups excluding carboxylic acids is 1. The predicted octanol–water partition coefficient (Wildman–Crippen LogP) is 7.25. The average Bonchev–Trinajstić information content (AvgIpc) is 3.09. The molecular formula is C36H50Cl2N3O5S+. The van der Waals surface area contributed by atoms with Crippen LogP contribution in [-0.4, -0.2) is 89.5 Å². The third-order valence-electron chi connectivity index (χ3n) is 9.10. The summed E-state index contributed by atoms with van der Waals surface area (Å²) in [6.07, 6.45) is 2.99. The van der Waals surface area contributed by atoms with Crippen molar-refractivity contribution >= 4 is 48.4 Å². The molecule has 11 heteroatoms. The molecule has 47 heavy (non-hydrogen) atoms. The van der Waals surface area contributed by atoms with Crippen molar-refractivity contribution < 1.29 is 23.7 Å². The number of benzene rings is 3. The molecule has 1 saturated heterocycles. The van der Waals surface area contributed by atoms with E-state index in [-0.39, 0.29) is 40.5 Å². The zero-order valence-electron chi connectivity index (χ0n) is 28.2. The number of likely N-dealkylation sites (N-methyl/N-ethyl adjacent to an activating group) is 1. The van der Waals surface area contributed by atoms with Crippen LogP contribution in [0.2, 0.25) is 0 Å². The van der Waals surface area contributed by atoms with Gasteiger partial charge >= 0.3 is 5.91 Å². The molecule has 258 valence electrons. The second-order valence-electron chi connectivity index (χ2n) is 11.7. The molecule has 0 radical (unpaired) electrons. The highest BCUT2D eigenvalue weighted by molar-refractivity contribution is 7.99. The molecule has 2 atom stereocenters. The maximum absolute atomic E-state index is 13.8. The van der Waals surface area contributed by atoms with Gasteiger partial charge in [-0.1, -0.05) is 30.3 Å². The van der Waals surface area contributed by atoms with Crippen LogP contribution in [0.5, 0.6) is 23.0 Å². The van der Waals surface area contributed by atoms with Gasteiger partial charge in [-0.25, -0.2) is 4.79 Å². The Hall–Kier alpha value is -2.66. The lowest BCUT2D eigenvalue weighted by Crippen LogP contribution is -2.52. The van der Waals surface area contributed by atoms with Gasteiger partial charge in [-0.05, 0) is 75.0 Å². The van der Waals surface area contributed by atoms with Crippen molar-refractivity contribution in [3.05, 3.63) is 71.8 Å². The number of amides is 1. The molecule has 2 unspecified atom stereocenters. The molecule has 8 nitrogen and oxygen atoms in total. The zero-order valence-corrected chi connectivity index (χ0v) is 30.7. The lowest BCUT2D eigenvalue weighted by atomic mass is 9.98. The second-order valence-corrected chi connectivity index (χ2v) is 13.0. The number of nitrogens with zero attached hydrogens (tertiary/aromatic N) is 3. The Labute approximate surface area is 297 Å². The quantitative estimate of drug-likeness (QED) is 0.0987. The summed E-state index contributed by atoms with van der Waals surface area (Å²) in [6, 6.07) is 20.5. The first-order chi connectivity index (χ1) is 21.9. The van der Waals surface area contributed by atoms with Gasteiger partial charge in [-0.15, -0.1) is 24.8 Å². The zero-order chi connectivity index (χ0) is 31.8. The second kappa shape index (κ2) is 18.2. The Bertz CT molecular complexity index is 1430. The number of fused-ring (bicyclic) bond motifs is 1. The topological polar surface area (TPSA) is 60.5 Å². The van der Waals surface area contributed by atoms with E-state index in [2.05, 4.69) is 41.0 Å². The lowest BCUT2D eigenvalue weighted by Gasteiger charge is -2.38. The monoisotopic (exact) mass is 706 g/mol. The largest absolute Gasteiger partial charge is 0.493 e. The van der Waals surface area contributed by atoms with E-state index in [1.165, 1.54) is 10.5 Å². The molecule has 3 aromatic rings. The van der Waals surface area contributed by atoms with Crippen molar-refractivity contribution in [1.29, 1.82) is 0 Å². The fourth-order valence-electron chi connectivity index (χ4n) is 6.44. The van der Waals surface area contributed by atoms with Gasteiger partial charge < -0.3 is 28.7 Å². The van der Waals surface area contributed by atoms with Gasteiger partial charge in [0.25, 0.3) is 0 Å². The van der Waals surface area contributed by atoms with Crippen molar-refractivity contribution in [3.63, 3.8) is 0 Å². The van der Waals surface area contributed by atoms with Crippen LogP contribution in [0.3, 0.4) is 0 Å². The molecule has 1 amide bonds. The number of carbonyl (C=O) groups is 1. The number of piperazine rings is 1. The molecule has 2 heterocycles. The maximum atomic E-state index is 13.8. The van der Waals surface area contributed by atoms with Crippen LogP contribution in [0, 0.1) is 0 Å². The number of hydrogen-bond donors (Lipinski definition) is 0. The molecule has 0 bridgehead atoms. The minimum Gasteiger partial charge on any atom is -0.493 e. The van der Waals surface area contributed by atoms with E-state index < -0.39 is 0 Å². The van der Waals surface area contributed by atoms with E-state index in [1.54, 1.807) is 33.3 Å². The summed E-state index contributed by atoms with van der Waals surface area (Å²) in [6.45, 7) is 11.8. The molecule has 0 N–H and O–H groups in total. The smallest absolute Gasteiger partial charge is 0.337 e. The molecule has 0 aromatic heterocycles. The van der Waals surface area contributed by atoms with Crippen LogP contribution in [0.4, 0.5) is 5.69 Å². The fourth-order valence-corrected chi connectivity index (χ4v) is 7.89. The number of hydrogen-bond acceptors (Lipinski definition) is 8. The van der Waals surface area contributed by atoms with E-state index in [4.69, 9.17) is 18.9 Å². The first-order valence-corrected chi connectivity index (χ1v) is 16.9. The van der Waals surface area contributed by atoms with Crippen molar-refractivity contribution in [3.8, 4) is 23.0 Å². The molecule has 1 fully saturated rings. The van der Waals surface area contributed by atoms with Gasteiger partial charge in [0.1, 0.15) is 11.9 Å². The van der Waals surface area contributed by atoms with Gasteiger partial charge in [0, 0.05) is 38.8 Å². The number of para-hydroxylation sites is 2. The van der Waals surface area contributed by atoms with Gasteiger partial charge in [0.2, 0.25) is 5.75 Å². The molecule has 0 spiro atoms. The van der Waals surface area contributed by atoms with Gasteiger partial charge in [-0.2, -0.15) is 3.89 Å². The van der Waals surface area contributed by atoms with Gasteiger partial charge in [0.05, 0.1) is 45.3 Å².